The second kappa shape index (κ2) is 8.57. The van der Waals surface area contributed by atoms with E-state index in [-0.39, 0.29) is 5.91 Å². The number of nitrogens with zero attached hydrogens (tertiary/aromatic N) is 3. The standard InChI is InChI=1S/C21H24N4OS/c26-21(15-27-18-10-9-16-6-3-4-7-17(16)14-18)22-12-11-20-24-23-19-8-2-1-5-13-25(19)20/h3-4,6-7,9-10,14H,1-2,5,8,11-13,15H2,(H,22,26). The lowest BCUT2D eigenvalue weighted by Crippen LogP contribution is -2.28. The second-order valence-corrected chi connectivity index (χ2v) is 7.94. The van der Waals surface area contributed by atoms with Gasteiger partial charge in [-0.15, -0.1) is 22.0 Å². The number of benzene rings is 2. The molecule has 0 radical (unpaired) electrons. The maximum atomic E-state index is 12.2. The Morgan fingerprint density at radius 2 is 1.96 bits per heavy atom. The second-order valence-electron chi connectivity index (χ2n) is 6.89. The first-order valence-corrected chi connectivity index (χ1v) is 10.6. The van der Waals surface area contributed by atoms with Gasteiger partial charge in [-0.2, -0.15) is 0 Å². The molecule has 1 aliphatic rings. The average molecular weight is 381 g/mol. The van der Waals surface area contributed by atoms with Crippen LogP contribution in [0, 0.1) is 0 Å². The lowest BCUT2D eigenvalue weighted by molar-refractivity contribution is -0.118. The summed E-state index contributed by atoms with van der Waals surface area (Å²) in [6, 6.07) is 14.6. The average Bonchev–Trinajstić information content (AvgIpc) is 2.92. The molecule has 0 saturated heterocycles. The van der Waals surface area contributed by atoms with Gasteiger partial charge < -0.3 is 9.88 Å². The molecule has 5 nitrogen and oxygen atoms in total. The van der Waals surface area contributed by atoms with Crippen molar-refractivity contribution >= 4 is 28.4 Å². The summed E-state index contributed by atoms with van der Waals surface area (Å²) in [5, 5.41) is 14.1. The summed E-state index contributed by atoms with van der Waals surface area (Å²) in [7, 11) is 0. The Hall–Kier alpha value is -2.34. The predicted octanol–water partition coefficient (Wildman–Crippen LogP) is 3.61. The number of aryl methyl sites for hydroxylation is 1. The third-order valence-corrected chi connectivity index (χ3v) is 5.94. The highest BCUT2D eigenvalue weighted by Crippen LogP contribution is 2.23. The third kappa shape index (κ3) is 4.50. The molecule has 6 heteroatoms. The van der Waals surface area contributed by atoms with E-state index in [2.05, 4.69) is 50.4 Å². The van der Waals surface area contributed by atoms with Gasteiger partial charge in [0.2, 0.25) is 5.91 Å². The predicted molar refractivity (Wildman–Crippen MR) is 109 cm³/mol. The molecular formula is C21H24N4OS. The topological polar surface area (TPSA) is 59.8 Å². The van der Waals surface area contributed by atoms with Crippen molar-refractivity contribution in [2.24, 2.45) is 0 Å². The number of amides is 1. The number of fused-ring (bicyclic) bond motifs is 2. The van der Waals surface area contributed by atoms with Crippen molar-refractivity contribution in [1.29, 1.82) is 0 Å². The molecule has 0 saturated carbocycles. The zero-order chi connectivity index (χ0) is 18.5. The number of aromatic nitrogens is 3. The SMILES string of the molecule is O=C(CSc1ccc2ccccc2c1)NCCc1nnc2n1CCCCC2. The summed E-state index contributed by atoms with van der Waals surface area (Å²) in [5.74, 6) is 2.58. The van der Waals surface area contributed by atoms with Crippen LogP contribution in [0.1, 0.15) is 30.9 Å². The van der Waals surface area contributed by atoms with Crippen LogP contribution in [0.25, 0.3) is 10.8 Å². The van der Waals surface area contributed by atoms with Crippen LogP contribution in [-0.2, 0) is 24.2 Å². The number of rotatable bonds is 6. The van der Waals surface area contributed by atoms with Crippen LogP contribution < -0.4 is 5.32 Å². The molecule has 0 aliphatic carbocycles. The van der Waals surface area contributed by atoms with Gasteiger partial charge in [0.1, 0.15) is 11.6 Å². The number of hydrogen-bond donors (Lipinski definition) is 1. The molecule has 1 N–H and O–H groups in total. The van der Waals surface area contributed by atoms with E-state index in [1.54, 1.807) is 11.8 Å². The van der Waals surface area contributed by atoms with Gasteiger partial charge in [0.05, 0.1) is 5.75 Å². The first-order valence-electron chi connectivity index (χ1n) is 9.59. The number of hydrogen-bond acceptors (Lipinski definition) is 4. The lowest BCUT2D eigenvalue weighted by atomic mass is 10.1. The first-order chi connectivity index (χ1) is 13.3. The van der Waals surface area contributed by atoms with E-state index in [9.17, 15) is 4.79 Å². The van der Waals surface area contributed by atoms with Crippen LogP contribution in [0.4, 0.5) is 0 Å². The van der Waals surface area contributed by atoms with Crippen molar-refractivity contribution in [1.82, 2.24) is 20.1 Å². The van der Waals surface area contributed by atoms with E-state index < -0.39 is 0 Å². The fourth-order valence-corrected chi connectivity index (χ4v) is 4.28. The van der Waals surface area contributed by atoms with Gasteiger partial charge in [-0.25, -0.2) is 0 Å². The van der Waals surface area contributed by atoms with Gasteiger partial charge in [-0.1, -0.05) is 36.8 Å². The molecule has 0 spiro atoms. The van der Waals surface area contributed by atoms with Crippen LogP contribution in [0.15, 0.2) is 47.4 Å². The minimum absolute atomic E-state index is 0.0590. The van der Waals surface area contributed by atoms with E-state index >= 15 is 0 Å². The minimum atomic E-state index is 0.0590. The van der Waals surface area contributed by atoms with Crippen LogP contribution >= 0.6 is 11.8 Å². The number of carbonyl (C=O) groups excluding carboxylic acids is 1. The molecule has 0 unspecified atom stereocenters. The van der Waals surface area contributed by atoms with Gasteiger partial charge in [-0.3, -0.25) is 4.79 Å². The van der Waals surface area contributed by atoms with Crippen LogP contribution in [0.2, 0.25) is 0 Å². The number of carbonyl (C=O) groups is 1. The molecule has 4 rings (SSSR count). The van der Waals surface area contributed by atoms with Crippen LogP contribution in [0.5, 0.6) is 0 Å². The first kappa shape index (κ1) is 18.0. The van der Waals surface area contributed by atoms with E-state index in [4.69, 9.17) is 0 Å². The van der Waals surface area contributed by atoms with E-state index in [0.717, 1.165) is 35.9 Å². The Kier molecular flexibility index (Phi) is 5.72. The van der Waals surface area contributed by atoms with Crippen molar-refractivity contribution in [2.75, 3.05) is 12.3 Å². The Bertz CT molecular complexity index is 937. The highest BCUT2D eigenvalue weighted by Gasteiger charge is 2.14. The summed E-state index contributed by atoms with van der Waals surface area (Å²) in [4.78, 5) is 13.3. The van der Waals surface area contributed by atoms with E-state index in [1.807, 2.05) is 12.1 Å². The molecule has 27 heavy (non-hydrogen) atoms. The maximum Gasteiger partial charge on any atom is 0.230 e. The largest absolute Gasteiger partial charge is 0.355 e. The van der Waals surface area contributed by atoms with Gasteiger partial charge in [0, 0.05) is 30.8 Å². The molecule has 2 aromatic carbocycles. The molecule has 0 bridgehead atoms. The van der Waals surface area contributed by atoms with Crippen LogP contribution in [-0.4, -0.2) is 33.0 Å². The van der Waals surface area contributed by atoms with Crippen molar-refractivity contribution in [3.05, 3.63) is 54.1 Å². The Morgan fingerprint density at radius 3 is 2.89 bits per heavy atom. The molecule has 140 valence electrons. The van der Waals surface area contributed by atoms with Gasteiger partial charge >= 0.3 is 0 Å². The van der Waals surface area contributed by atoms with Gasteiger partial charge in [-0.05, 0) is 35.7 Å². The van der Waals surface area contributed by atoms with Crippen molar-refractivity contribution in [3.63, 3.8) is 0 Å². The third-order valence-electron chi connectivity index (χ3n) is 4.95. The molecule has 3 aromatic rings. The summed E-state index contributed by atoms with van der Waals surface area (Å²) in [5.41, 5.74) is 0. The molecule has 1 amide bonds. The normalized spacial score (nSPS) is 13.9. The summed E-state index contributed by atoms with van der Waals surface area (Å²) < 4.78 is 2.24. The molecule has 1 aliphatic heterocycles. The van der Waals surface area contributed by atoms with Gasteiger partial charge in [0.25, 0.3) is 0 Å². The Morgan fingerprint density at radius 1 is 1.07 bits per heavy atom. The molecule has 0 atom stereocenters. The summed E-state index contributed by atoms with van der Waals surface area (Å²) >= 11 is 1.57. The van der Waals surface area contributed by atoms with Crippen molar-refractivity contribution in [3.8, 4) is 0 Å². The summed E-state index contributed by atoms with van der Waals surface area (Å²) in [6.07, 6.45) is 5.39. The molecular weight excluding hydrogens is 356 g/mol. The van der Waals surface area contributed by atoms with E-state index in [1.165, 1.54) is 30.0 Å². The molecule has 0 fully saturated rings. The fraction of sp³-hybridized carbons (Fsp3) is 0.381. The number of nitrogens with one attached hydrogen (secondary N) is 1. The van der Waals surface area contributed by atoms with Crippen LogP contribution in [0.3, 0.4) is 0 Å². The Labute approximate surface area is 163 Å². The zero-order valence-electron chi connectivity index (χ0n) is 15.4. The highest BCUT2D eigenvalue weighted by atomic mass is 32.2. The fourth-order valence-electron chi connectivity index (χ4n) is 3.50. The monoisotopic (exact) mass is 380 g/mol. The van der Waals surface area contributed by atoms with Crippen molar-refractivity contribution in [2.45, 2.75) is 43.5 Å². The quantitative estimate of drug-likeness (QED) is 0.664. The molecule has 1 aromatic heterocycles. The van der Waals surface area contributed by atoms with E-state index in [0.29, 0.717) is 12.3 Å². The van der Waals surface area contributed by atoms with Gasteiger partial charge in [0.15, 0.2) is 0 Å². The highest BCUT2D eigenvalue weighted by molar-refractivity contribution is 8.00. The lowest BCUT2D eigenvalue weighted by Gasteiger charge is -2.08. The number of thioether (sulfide) groups is 1. The molecule has 2 heterocycles. The summed E-state index contributed by atoms with van der Waals surface area (Å²) in [6.45, 7) is 1.61. The minimum Gasteiger partial charge on any atom is -0.355 e. The maximum absolute atomic E-state index is 12.2. The zero-order valence-corrected chi connectivity index (χ0v) is 16.2. The Balaban J connectivity index is 1.25. The smallest absolute Gasteiger partial charge is 0.230 e. The van der Waals surface area contributed by atoms with Crippen molar-refractivity contribution < 1.29 is 4.79 Å².